The molecule has 0 amide bonds. The molecule has 0 fully saturated rings. The minimum atomic E-state index is -0.294. The van der Waals surface area contributed by atoms with Gasteiger partial charge < -0.3 is 9.47 Å². The largest absolute Gasteiger partial charge is 0.494 e. The molecule has 0 spiro atoms. The topological polar surface area (TPSA) is 70.4 Å². The van der Waals surface area contributed by atoms with Gasteiger partial charge in [-0.25, -0.2) is 4.98 Å². The third-order valence-electron chi connectivity index (χ3n) is 6.39. The lowest BCUT2D eigenvalue weighted by atomic mass is 9.75. The molecule has 1 aliphatic carbocycles. The summed E-state index contributed by atoms with van der Waals surface area (Å²) < 4.78 is 12.9. The van der Waals surface area contributed by atoms with Crippen LogP contribution in [0.25, 0.3) is 27.5 Å². The molecule has 36 heavy (non-hydrogen) atoms. The molecule has 5 rings (SSSR count). The zero-order valence-electron chi connectivity index (χ0n) is 20.4. The van der Waals surface area contributed by atoms with Gasteiger partial charge in [0.2, 0.25) is 0 Å². The molecular weight excluding hydrogens is 496 g/mol. The minimum absolute atomic E-state index is 0.000374. The lowest BCUT2D eigenvalue weighted by molar-refractivity contribution is 0.0908. The maximum absolute atomic E-state index is 14.2. The molecule has 1 aliphatic rings. The van der Waals surface area contributed by atoms with Crippen molar-refractivity contribution in [3.63, 3.8) is 0 Å². The second kappa shape index (κ2) is 9.22. The Kier molecular flexibility index (Phi) is 6.22. The first-order valence-electron chi connectivity index (χ1n) is 11.5. The molecule has 0 bridgehead atoms. The molecule has 0 saturated carbocycles. The highest BCUT2D eigenvalue weighted by Gasteiger charge is 2.35. The Labute approximate surface area is 218 Å². The van der Waals surface area contributed by atoms with Crippen LogP contribution < -0.4 is 15.0 Å². The van der Waals surface area contributed by atoms with Crippen LogP contribution in [0.15, 0.2) is 58.7 Å². The van der Waals surface area contributed by atoms with E-state index >= 15 is 0 Å². The van der Waals surface area contributed by atoms with Crippen molar-refractivity contribution >= 4 is 28.7 Å². The predicted molar refractivity (Wildman–Crippen MR) is 143 cm³/mol. The van der Waals surface area contributed by atoms with E-state index in [1.807, 2.05) is 31.4 Å². The third-order valence-corrected chi connectivity index (χ3v) is 7.52. The fraction of sp³-hybridized carbons (Fsp3) is 0.250. The Morgan fingerprint density at radius 1 is 0.972 bits per heavy atom. The van der Waals surface area contributed by atoms with Crippen molar-refractivity contribution < 1.29 is 14.3 Å². The number of Topliss-reactive ketones (excluding diaryl/α,β-unsaturated/α-hetero) is 1. The number of pyridine rings is 1. The summed E-state index contributed by atoms with van der Waals surface area (Å²) in [5, 5.41) is 3.07. The molecule has 0 aliphatic heterocycles. The van der Waals surface area contributed by atoms with Crippen molar-refractivity contribution in [3.8, 4) is 39.0 Å². The normalized spacial score (nSPS) is 14.4. The summed E-state index contributed by atoms with van der Waals surface area (Å²) in [6, 6.07) is 14.4. The van der Waals surface area contributed by atoms with Gasteiger partial charge in [0.05, 0.1) is 25.5 Å². The van der Waals surface area contributed by atoms with Crippen LogP contribution in [0.5, 0.6) is 11.5 Å². The molecule has 0 radical (unpaired) electrons. The molecule has 4 aromatic rings. The smallest absolute Gasteiger partial charge is 0.265 e. The molecule has 2 aromatic carbocycles. The average Bonchev–Trinajstić information content (AvgIpc) is 3.33. The summed E-state index contributed by atoms with van der Waals surface area (Å²) >= 11 is 7.39. The number of aromatic nitrogens is 2. The van der Waals surface area contributed by atoms with Crippen LogP contribution in [0.3, 0.4) is 0 Å². The highest BCUT2D eigenvalue weighted by Crippen LogP contribution is 2.40. The van der Waals surface area contributed by atoms with Gasteiger partial charge >= 0.3 is 0 Å². The lowest BCUT2D eigenvalue weighted by Crippen LogP contribution is -2.35. The van der Waals surface area contributed by atoms with E-state index in [4.69, 9.17) is 26.1 Å². The number of fused-ring (bicyclic) bond motifs is 1. The maximum Gasteiger partial charge on any atom is 0.265 e. The van der Waals surface area contributed by atoms with Gasteiger partial charge in [-0.05, 0) is 42.2 Å². The van der Waals surface area contributed by atoms with E-state index in [-0.39, 0.29) is 16.8 Å². The summed E-state index contributed by atoms with van der Waals surface area (Å²) in [6.07, 6.45) is 0.952. The fourth-order valence-electron chi connectivity index (χ4n) is 4.71. The summed E-state index contributed by atoms with van der Waals surface area (Å²) in [5.74, 6) is 0.958. The van der Waals surface area contributed by atoms with Crippen molar-refractivity contribution in [1.29, 1.82) is 0 Å². The molecule has 6 nitrogen and oxygen atoms in total. The van der Waals surface area contributed by atoms with Crippen LogP contribution in [-0.4, -0.2) is 29.6 Å². The van der Waals surface area contributed by atoms with Crippen LogP contribution in [0.1, 0.15) is 36.3 Å². The second-order valence-electron chi connectivity index (χ2n) is 9.56. The number of rotatable bonds is 5. The fourth-order valence-corrected chi connectivity index (χ4v) is 5.67. The van der Waals surface area contributed by atoms with Crippen LogP contribution in [-0.2, 0) is 6.42 Å². The number of methoxy groups -OCH3 is 2. The van der Waals surface area contributed by atoms with Gasteiger partial charge in [-0.1, -0.05) is 43.6 Å². The number of benzene rings is 2. The van der Waals surface area contributed by atoms with Crippen molar-refractivity contribution in [2.45, 2.75) is 26.7 Å². The Balaban J connectivity index is 1.79. The van der Waals surface area contributed by atoms with Gasteiger partial charge in [0.25, 0.3) is 5.56 Å². The lowest BCUT2D eigenvalue weighted by Gasteiger charge is -2.32. The highest BCUT2D eigenvalue weighted by molar-refractivity contribution is 7.13. The van der Waals surface area contributed by atoms with Crippen molar-refractivity contribution in [1.82, 2.24) is 9.55 Å². The van der Waals surface area contributed by atoms with E-state index in [0.717, 1.165) is 11.3 Å². The number of hydrogen-bond acceptors (Lipinski definition) is 6. The van der Waals surface area contributed by atoms with Crippen molar-refractivity contribution in [3.05, 3.63) is 80.5 Å². The van der Waals surface area contributed by atoms with E-state index in [1.54, 1.807) is 55.2 Å². The third kappa shape index (κ3) is 4.22. The van der Waals surface area contributed by atoms with Crippen LogP contribution in [0.2, 0.25) is 5.02 Å². The SMILES string of the molecule is COc1cccc(OC)c1-n1c2c(cc(-c3nc(-c4ccc(Cl)cc4)cs3)c1=O)C(=O)CC(C)(C)C2. The van der Waals surface area contributed by atoms with Gasteiger partial charge in [0.15, 0.2) is 5.78 Å². The quantitative estimate of drug-likeness (QED) is 0.302. The van der Waals surface area contributed by atoms with Crippen molar-refractivity contribution in [2.24, 2.45) is 5.41 Å². The van der Waals surface area contributed by atoms with Gasteiger partial charge in [-0.3, -0.25) is 14.2 Å². The predicted octanol–water partition coefficient (Wildman–Crippen LogP) is 6.45. The van der Waals surface area contributed by atoms with Gasteiger partial charge in [0, 0.05) is 33.6 Å². The van der Waals surface area contributed by atoms with E-state index < -0.39 is 0 Å². The Morgan fingerprint density at radius 3 is 2.28 bits per heavy atom. The van der Waals surface area contributed by atoms with Crippen LogP contribution >= 0.6 is 22.9 Å². The molecule has 0 saturated heterocycles. The second-order valence-corrected chi connectivity index (χ2v) is 10.9. The molecule has 0 N–H and O–H groups in total. The molecule has 0 atom stereocenters. The molecule has 8 heteroatoms. The highest BCUT2D eigenvalue weighted by atomic mass is 35.5. The Hall–Kier alpha value is -3.42. The summed E-state index contributed by atoms with van der Waals surface area (Å²) in [7, 11) is 3.10. The number of ketones is 1. The number of carbonyl (C=O) groups is 1. The zero-order chi connectivity index (χ0) is 25.6. The van der Waals surface area contributed by atoms with Crippen molar-refractivity contribution in [2.75, 3.05) is 14.2 Å². The molecule has 184 valence electrons. The average molecular weight is 521 g/mol. The molecule has 2 aromatic heterocycles. The van der Waals surface area contributed by atoms with E-state index in [0.29, 0.717) is 56.9 Å². The number of carbonyl (C=O) groups excluding carboxylic acids is 1. The number of para-hydroxylation sites is 1. The molecule has 0 unspecified atom stereocenters. The van der Waals surface area contributed by atoms with Crippen LogP contribution in [0, 0.1) is 5.41 Å². The Morgan fingerprint density at radius 2 is 1.64 bits per heavy atom. The molecule has 2 heterocycles. The van der Waals surface area contributed by atoms with Gasteiger partial charge in [-0.15, -0.1) is 11.3 Å². The number of halogens is 1. The summed E-state index contributed by atoms with van der Waals surface area (Å²) in [4.78, 5) is 32.3. The summed E-state index contributed by atoms with van der Waals surface area (Å²) in [5.41, 5.74) is 3.08. The number of thiazole rings is 1. The minimum Gasteiger partial charge on any atom is -0.494 e. The maximum atomic E-state index is 14.2. The number of hydrogen-bond donors (Lipinski definition) is 0. The number of ether oxygens (including phenoxy) is 2. The number of nitrogens with zero attached hydrogens (tertiary/aromatic N) is 2. The zero-order valence-corrected chi connectivity index (χ0v) is 22.0. The first kappa shape index (κ1) is 24.3. The first-order valence-corrected chi connectivity index (χ1v) is 12.7. The first-order chi connectivity index (χ1) is 17.2. The van der Waals surface area contributed by atoms with Gasteiger partial charge in [-0.2, -0.15) is 0 Å². The Bertz CT molecular complexity index is 1510. The van der Waals surface area contributed by atoms with Crippen LogP contribution in [0.4, 0.5) is 0 Å². The monoisotopic (exact) mass is 520 g/mol. The van der Waals surface area contributed by atoms with Gasteiger partial charge in [0.1, 0.15) is 22.2 Å². The van der Waals surface area contributed by atoms with E-state index in [9.17, 15) is 9.59 Å². The molecular formula is C28H25ClN2O4S. The standard InChI is InChI=1S/C28H25ClN2O4S/c1-28(2)13-21-18(22(32)14-28)12-19(26-30-20(15-36-26)16-8-10-17(29)11-9-16)27(33)31(21)25-23(34-3)6-5-7-24(25)35-4/h5-12,15H,13-14H2,1-4H3. The summed E-state index contributed by atoms with van der Waals surface area (Å²) in [6.45, 7) is 4.07. The van der Waals surface area contributed by atoms with E-state index in [1.165, 1.54) is 11.3 Å². The van der Waals surface area contributed by atoms with E-state index in [2.05, 4.69) is 0 Å².